The van der Waals surface area contributed by atoms with Crippen LogP contribution in [-0.4, -0.2) is 11.2 Å². The van der Waals surface area contributed by atoms with Gasteiger partial charge in [-0.2, -0.15) is 0 Å². The molecule has 1 nitrogen and oxygen atoms in total. The summed E-state index contributed by atoms with van der Waals surface area (Å²) in [5, 5.41) is 9.69. The van der Waals surface area contributed by atoms with Crippen molar-refractivity contribution >= 4 is 0 Å². The molecular formula is C15H24O. The third kappa shape index (κ3) is 4.36. The predicted octanol–water partition coefficient (Wildman–Crippen LogP) is 3.59. The van der Waals surface area contributed by atoms with E-state index in [1.54, 1.807) is 0 Å². The van der Waals surface area contributed by atoms with E-state index in [-0.39, 0.29) is 6.10 Å². The normalized spacial score (nSPS) is 13.1. The second-order valence-corrected chi connectivity index (χ2v) is 4.87. The Labute approximate surface area is 99.5 Å². The molecule has 1 aromatic rings. The highest BCUT2D eigenvalue weighted by Crippen LogP contribution is 2.12. The third-order valence-electron chi connectivity index (χ3n) is 3.17. The Hall–Kier alpha value is -0.820. The molecule has 90 valence electrons. The number of aliphatic hydroxyl groups excluding tert-OH is 1. The quantitative estimate of drug-likeness (QED) is 0.776. The first-order valence-electron chi connectivity index (χ1n) is 6.39. The topological polar surface area (TPSA) is 20.2 Å². The maximum atomic E-state index is 9.69. The highest BCUT2D eigenvalue weighted by Gasteiger charge is 2.08. The van der Waals surface area contributed by atoms with Crippen LogP contribution in [0.5, 0.6) is 0 Å². The Morgan fingerprint density at radius 1 is 1.06 bits per heavy atom. The minimum absolute atomic E-state index is 0.144. The van der Waals surface area contributed by atoms with Gasteiger partial charge in [0.15, 0.2) is 0 Å². The van der Waals surface area contributed by atoms with Crippen molar-refractivity contribution in [3.05, 3.63) is 35.4 Å². The zero-order chi connectivity index (χ0) is 12.0. The molecule has 1 N–H and O–H groups in total. The lowest BCUT2D eigenvalue weighted by molar-refractivity contribution is 0.114. The molecule has 1 heteroatoms. The summed E-state index contributed by atoms with van der Waals surface area (Å²) in [6, 6.07) is 8.82. The fourth-order valence-electron chi connectivity index (χ4n) is 1.79. The van der Waals surface area contributed by atoms with E-state index in [0.717, 1.165) is 25.7 Å². The molecule has 0 saturated heterocycles. The molecule has 0 bridgehead atoms. The molecule has 0 fully saturated rings. The lowest BCUT2D eigenvalue weighted by atomic mass is 9.99. The predicted molar refractivity (Wildman–Crippen MR) is 69.6 cm³/mol. The van der Waals surface area contributed by atoms with Gasteiger partial charge in [-0.1, -0.05) is 45.0 Å². The lowest BCUT2D eigenvalue weighted by Gasteiger charge is -2.13. The summed E-state index contributed by atoms with van der Waals surface area (Å²) in [6.45, 7) is 6.31. The first kappa shape index (κ1) is 13.2. The molecular weight excluding hydrogens is 196 g/mol. The molecule has 0 radical (unpaired) electrons. The summed E-state index contributed by atoms with van der Waals surface area (Å²) >= 11 is 0. The Balaban J connectivity index is 2.31. The van der Waals surface area contributed by atoms with Crippen molar-refractivity contribution in [2.24, 2.45) is 5.92 Å². The van der Waals surface area contributed by atoms with Crippen molar-refractivity contribution < 1.29 is 5.11 Å². The summed E-state index contributed by atoms with van der Waals surface area (Å²) in [5.41, 5.74) is 2.78. The van der Waals surface area contributed by atoms with Crippen molar-refractivity contribution in [3.8, 4) is 0 Å². The summed E-state index contributed by atoms with van der Waals surface area (Å²) in [4.78, 5) is 0. The van der Waals surface area contributed by atoms with Crippen LogP contribution in [0.15, 0.2) is 24.3 Å². The molecule has 1 unspecified atom stereocenters. The van der Waals surface area contributed by atoms with E-state index in [2.05, 4.69) is 45.0 Å². The van der Waals surface area contributed by atoms with Gasteiger partial charge in [-0.05, 0) is 42.7 Å². The van der Waals surface area contributed by atoms with E-state index in [4.69, 9.17) is 0 Å². The van der Waals surface area contributed by atoms with E-state index in [9.17, 15) is 5.11 Å². The zero-order valence-corrected chi connectivity index (χ0v) is 10.7. The van der Waals surface area contributed by atoms with Gasteiger partial charge >= 0.3 is 0 Å². The van der Waals surface area contributed by atoms with Crippen LogP contribution in [-0.2, 0) is 12.8 Å². The van der Waals surface area contributed by atoms with E-state index < -0.39 is 0 Å². The van der Waals surface area contributed by atoms with Gasteiger partial charge < -0.3 is 5.11 Å². The van der Waals surface area contributed by atoms with Crippen molar-refractivity contribution in [3.63, 3.8) is 0 Å². The van der Waals surface area contributed by atoms with Crippen LogP contribution < -0.4 is 0 Å². The third-order valence-corrected chi connectivity index (χ3v) is 3.17. The van der Waals surface area contributed by atoms with Crippen molar-refractivity contribution in [2.75, 3.05) is 0 Å². The summed E-state index contributed by atoms with van der Waals surface area (Å²) in [5.74, 6) is 0.377. The highest BCUT2D eigenvalue weighted by atomic mass is 16.3. The minimum atomic E-state index is -0.144. The van der Waals surface area contributed by atoms with Crippen LogP contribution in [0.25, 0.3) is 0 Å². The molecule has 1 rings (SSSR count). The lowest BCUT2D eigenvalue weighted by Crippen LogP contribution is -2.14. The zero-order valence-electron chi connectivity index (χ0n) is 10.7. The average Bonchev–Trinajstić information content (AvgIpc) is 2.29. The Kier molecular flexibility index (Phi) is 5.54. The summed E-state index contributed by atoms with van der Waals surface area (Å²) in [6.07, 6.45) is 4.02. The van der Waals surface area contributed by atoms with Gasteiger partial charge in [-0.15, -0.1) is 0 Å². The maximum Gasteiger partial charge on any atom is 0.0563 e. The van der Waals surface area contributed by atoms with Crippen LogP contribution in [0, 0.1) is 5.92 Å². The monoisotopic (exact) mass is 220 g/mol. The van der Waals surface area contributed by atoms with Gasteiger partial charge in [0, 0.05) is 0 Å². The Morgan fingerprint density at radius 3 is 2.12 bits per heavy atom. The number of aryl methyl sites for hydroxylation is 2. The fourth-order valence-corrected chi connectivity index (χ4v) is 1.79. The van der Waals surface area contributed by atoms with Crippen LogP contribution in [0.2, 0.25) is 0 Å². The first-order chi connectivity index (χ1) is 7.63. The Morgan fingerprint density at radius 2 is 1.62 bits per heavy atom. The highest BCUT2D eigenvalue weighted by molar-refractivity contribution is 5.22. The van der Waals surface area contributed by atoms with Gasteiger partial charge in [0.25, 0.3) is 0 Å². The van der Waals surface area contributed by atoms with Crippen LogP contribution in [0.4, 0.5) is 0 Å². The Bertz CT molecular complexity index is 287. The number of rotatable bonds is 6. The molecule has 0 heterocycles. The SMILES string of the molecule is CCc1ccc(CCCC(O)C(C)C)cc1. The summed E-state index contributed by atoms with van der Waals surface area (Å²) < 4.78 is 0. The molecule has 1 aromatic carbocycles. The largest absolute Gasteiger partial charge is 0.393 e. The first-order valence-corrected chi connectivity index (χ1v) is 6.39. The van der Waals surface area contributed by atoms with E-state index >= 15 is 0 Å². The molecule has 0 aliphatic heterocycles. The van der Waals surface area contributed by atoms with Gasteiger partial charge in [0.2, 0.25) is 0 Å². The van der Waals surface area contributed by atoms with Crippen molar-refractivity contribution in [2.45, 2.75) is 52.6 Å². The minimum Gasteiger partial charge on any atom is -0.393 e. The molecule has 1 atom stereocenters. The number of hydrogen-bond acceptors (Lipinski definition) is 1. The second-order valence-electron chi connectivity index (χ2n) is 4.87. The molecule has 0 amide bonds. The van der Waals surface area contributed by atoms with Crippen LogP contribution >= 0.6 is 0 Å². The van der Waals surface area contributed by atoms with Gasteiger partial charge in [0.1, 0.15) is 0 Å². The number of aliphatic hydroxyl groups is 1. The van der Waals surface area contributed by atoms with E-state index in [1.165, 1.54) is 11.1 Å². The standard InChI is InChI=1S/C15H24O/c1-4-13-8-10-14(11-9-13)6-5-7-15(16)12(2)3/h8-12,15-16H,4-7H2,1-3H3. The molecule has 0 spiro atoms. The fraction of sp³-hybridized carbons (Fsp3) is 0.600. The van der Waals surface area contributed by atoms with Crippen molar-refractivity contribution in [1.29, 1.82) is 0 Å². The van der Waals surface area contributed by atoms with Crippen LogP contribution in [0.1, 0.15) is 44.7 Å². The van der Waals surface area contributed by atoms with Crippen LogP contribution in [0.3, 0.4) is 0 Å². The van der Waals surface area contributed by atoms with E-state index in [0.29, 0.717) is 5.92 Å². The van der Waals surface area contributed by atoms with E-state index in [1.807, 2.05) is 0 Å². The summed E-state index contributed by atoms with van der Waals surface area (Å²) in [7, 11) is 0. The maximum absolute atomic E-state index is 9.69. The molecule has 0 saturated carbocycles. The molecule has 16 heavy (non-hydrogen) atoms. The average molecular weight is 220 g/mol. The van der Waals surface area contributed by atoms with Gasteiger partial charge in [-0.3, -0.25) is 0 Å². The second kappa shape index (κ2) is 6.70. The van der Waals surface area contributed by atoms with Gasteiger partial charge in [-0.25, -0.2) is 0 Å². The number of benzene rings is 1. The van der Waals surface area contributed by atoms with Gasteiger partial charge in [0.05, 0.1) is 6.10 Å². The molecule has 0 aliphatic rings. The van der Waals surface area contributed by atoms with Crippen molar-refractivity contribution in [1.82, 2.24) is 0 Å². The number of hydrogen-bond donors (Lipinski definition) is 1. The smallest absolute Gasteiger partial charge is 0.0563 e. The molecule has 0 aromatic heterocycles. The molecule has 0 aliphatic carbocycles.